The molecule has 0 amide bonds. The lowest BCUT2D eigenvalue weighted by Crippen LogP contribution is -1.93. The van der Waals surface area contributed by atoms with Crippen LogP contribution < -0.4 is 0 Å². The molecule has 1 aromatic heterocycles. The molecule has 0 aliphatic rings. The first-order valence-corrected chi connectivity index (χ1v) is 8.60. The Labute approximate surface area is 152 Å². The van der Waals surface area contributed by atoms with E-state index in [4.69, 9.17) is 4.98 Å². The molecule has 0 radical (unpaired) electrons. The van der Waals surface area contributed by atoms with Gasteiger partial charge in [0.1, 0.15) is 5.82 Å². The van der Waals surface area contributed by atoms with Crippen LogP contribution in [0.3, 0.4) is 0 Å². The number of pyridine rings is 1. The number of halogens is 1. The maximum Gasteiger partial charge on any atom is 0.123 e. The largest absolute Gasteiger partial charge is 0.247 e. The topological polar surface area (TPSA) is 12.9 Å². The number of aryl methyl sites for hydroxylation is 1. The van der Waals surface area contributed by atoms with E-state index in [-0.39, 0.29) is 5.82 Å². The minimum atomic E-state index is -0.246. The summed E-state index contributed by atoms with van der Waals surface area (Å²) in [6.07, 6.45) is 0. The second kappa shape index (κ2) is 6.93. The highest BCUT2D eigenvalue weighted by molar-refractivity contribution is 5.82. The molecule has 0 aliphatic carbocycles. The van der Waals surface area contributed by atoms with Crippen molar-refractivity contribution >= 4 is 0 Å². The van der Waals surface area contributed by atoms with E-state index >= 15 is 0 Å². The summed E-state index contributed by atoms with van der Waals surface area (Å²) in [5, 5.41) is 0. The van der Waals surface area contributed by atoms with Gasteiger partial charge >= 0.3 is 0 Å². The van der Waals surface area contributed by atoms with Crippen LogP contribution in [0.25, 0.3) is 33.6 Å². The van der Waals surface area contributed by atoms with Gasteiger partial charge in [0.2, 0.25) is 0 Å². The van der Waals surface area contributed by atoms with Crippen LogP contribution in [0.4, 0.5) is 4.39 Å². The molecule has 0 N–H and O–H groups in total. The molecule has 0 bridgehead atoms. The third kappa shape index (κ3) is 3.27. The number of hydrogen-bond acceptors (Lipinski definition) is 1. The lowest BCUT2D eigenvalue weighted by molar-refractivity contribution is 0.628. The van der Waals surface area contributed by atoms with E-state index in [1.165, 1.54) is 17.7 Å². The van der Waals surface area contributed by atoms with Gasteiger partial charge in [0.15, 0.2) is 0 Å². The summed E-state index contributed by atoms with van der Waals surface area (Å²) in [6, 6.07) is 29.1. The average Bonchev–Trinajstić information content (AvgIpc) is 2.70. The summed E-state index contributed by atoms with van der Waals surface area (Å²) in [7, 11) is 0. The minimum Gasteiger partial charge on any atom is -0.247 e. The van der Waals surface area contributed by atoms with Crippen molar-refractivity contribution in [2.24, 2.45) is 0 Å². The molecule has 1 heterocycles. The summed E-state index contributed by atoms with van der Waals surface area (Å²) in [4.78, 5) is 4.92. The molecule has 3 aromatic carbocycles. The molecule has 1 nitrogen and oxygen atoms in total. The Morgan fingerprint density at radius 3 is 1.96 bits per heavy atom. The Hall–Kier alpha value is -3.26. The van der Waals surface area contributed by atoms with Gasteiger partial charge in [-0.3, -0.25) is 0 Å². The molecule has 2 heteroatoms. The Morgan fingerprint density at radius 1 is 0.615 bits per heavy atom. The third-order valence-electron chi connectivity index (χ3n) is 4.45. The van der Waals surface area contributed by atoms with E-state index in [0.717, 1.165) is 33.6 Å². The van der Waals surface area contributed by atoms with E-state index in [1.54, 1.807) is 12.1 Å². The van der Waals surface area contributed by atoms with Crippen molar-refractivity contribution < 1.29 is 4.39 Å². The molecule has 126 valence electrons. The molecule has 4 rings (SSSR count). The van der Waals surface area contributed by atoms with Gasteiger partial charge in [-0.2, -0.15) is 0 Å². The van der Waals surface area contributed by atoms with E-state index in [0.29, 0.717) is 0 Å². The zero-order valence-electron chi connectivity index (χ0n) is 14.5. The van der Waals surface area contributed by atoms with Crippen molar-refractivity contribution in [3.05, 3.63) is 102 Å². The molecule has 0 fully saturated rings. The van der Waals surface area contributed by atoms with E-state index in [1.807, 2.05) is 36.4 Å². The molecule has 0 saturated heterocycles. The number of hydrogen-bond donors (Lipinski definition) is 0. The molecule has 0 aliphatic heterocycles. The highest BCUT2D eigenvalue weighted by Gasteiger charge is 2.11. The van der Waals surface area contributed by atoms with Gasteiger partial charge in [-0.25, -0.2) is 9.37 Å². The van der Waals surface area contributed by atoms with Crippen LogP contribution in [0, 0.1) is 12.7 Å². The van der Waals surface area contributed by atoms with Crippen molar-refractivity contribution in [3.8, 4) is 33.6 Å². The van der Waals surface area contributed by atoms with E-state index in [2.05, 4.69) is 37.3 Å². The molecular formula is C24H18FN. The smallest absolute Gasteiger partial charge is 0.123 e. The molecular weight excluding hydrogens is 321 g/mol. The van der Waals surface area contributed by atoms with Gasteiger partial charge in [-0.05, 0) is 42.8 Å². The highest BCUT2D eigenvalue weighted by atomic mass is 19.1. The van der Waals surface area contributed by atoms with Gasteiger partial charge in [0.05, 0.1) is 11.4 Å². The summed E-state index contributed by atoms with van der Waals surface area (Å²) in [5.41, 5.74) is 7.08. The van der Waals surface area contributed by atoms with Crippen LogP contribution in [0.5, 0.6) is 0 Å². The van der Waals surface area contributed by atoms with Crippen molar-refractivity contribution in [3.63, 3.8) is 0 Å². The van der Waals surface area contributed by atoms with Crippen LogP contribution in [0.15, 0.2) is 91.0 Å². The number of benzene rings is 3. The summed E-state index contributed by atoms with van der Waals surface area (Å²) in [5.74, 6) is -0.246. The molecule has 0 atom stereocenters. The van der Waals surface area contributed by atoms with Crippen LogP contribution in [-0.2, 0) is 0 Å². The first-order valence-electron chi connectivity index (χ1n) is 8.60. The van der Waals surface area contributed by atoms with Crippen LogP contribution in [-0.4, -0.2) is 4.98 Å². The van der Waals surface area contributed by atoms with Crippen molar-refractivity contribution in [1.82, 2.24) is 4.98 Å². The maximum absolute atomic E-state index is 13.4. The van der Waals surface area contributed by atoms with Crippen molar-refractivity contribution in [2.45, 2.75) is 6.92 Å². The second-order valence-corrected chi connectivity index (χ2v) is 6.33. The average molecular weight is 339 g/mol. The van der Waals surface area contributed by atoms with Crippen LogP contribution >= 0.6 is 0 Å². The number of nitrogens with zero attached hydrogens (tertiary/aromatic N) is 1. The quantitative estimate of drug-likeness (QED) is 0.413. The molecule has 0 saturated carbocycles. The van der Waals surface area contributed by atoms with Gasteiger partial charge in [-0.1, -0.05) is 66.2 Å². The monoisotopic (exact) mass is 339 g/mol. The fourth-order valence-corrected chi connectivity index (χ4v) is 3.02. The second-order valence-electron chi connectivity index (χ2n) is 6.33. The Bertz CT molecular complexity index is 1020. The summed E-state index contributed by atoms with van der Waals surface area (Å²) in [6.45, 7) is 2.07. The van der Waals surface area contributed by atoms with Gasteiger partial charge < -0.3 is 0 Å². The predicted molar refractivity (Wildman–Crippen MR) is 105 cm³/mol. The number of rotatable bonds is 3. The lowest BCUT2D eigenvalue weighted by Gasteiger charge is -2.12. The predicted octanol–water partition coefficient (Wildman–Crippen LogP) is 6.53. The summed E-state index contributed by atoms with van der Waals surface area (Å²) < 4.78 is 13.4. The Kier molecular flexibility index (Phi) is 4.32. The van der Waals surface area contributed by atoms with Gasteiger partial charge in [0.25, 0.3) is 0 Å². The molecule has 4 aromatic rings. The standard InChI is InChI=1S/C24H18FN/c1-17-7-9-18(10-8-17)22-15-16-23(19-5-3-2-4-6-19)26-24(22)20-11-13-21(25)14-12-20/h2-16H,1H3. The molecule has 0 unspecified atom stereocenters. The van der Waals surface area contributed by atoms with Crippen LogP contribution in [0.2, 0.25) is 0 Å². The molecule has 0 spiro atoms. The maximum atomic E-state index is 13.4. The van der Waals surface area contributed by atoms with E-state index < -0.39 is 0 Å². The SMILES string of the molecule is Cc1ccc(-c2ccc(-c3ccccc3)nc2-c2ccc(F)cc2)cc1. The fourth-order valence-electron chi connectivity index (χ4n) is 3.02. The number of aromatic nitrogens is 1. The Balaban J connectivity index is 1.90. The zero-order valence-corrected chi connectivity index (χ0v) is 14.5. The normalized spacial score (nSPS) is 10.7. The van der Waals surface area contributed by atoms with Crippen LogP contribution in [0.1, 0.15) is 5.56 Å². The van der Waals surface area contributed by atoms with Crippen molar-refractivity contribution in [2.75, 3.05) is 0 Å². The zero-order chi connectivity index (χ0) is 17.9. The first kappa shape index (κ1) is 16.2. The molecule has 26 heavy (non-hydrogen) atoms. The van der Waals surface area contributed by atoms with E-state index in [9.17, 15) is 4.39 Å². The Morgan fingerprint density at radius 2 is 1.27 bits per heavy atom. The summed E-state index contributed by atoms with van der Waals surface area (Å²) >= 11 is 0. The fraction of sp³-hybridized carbons (Fsp3) is 0.0417. The third-order valence-corrected chi connectivity index (χ3v) is 4.45. The first-order chi connectivity index (χ1) is 12.7. The lowest BCUT2D eigenvalue weighted by atomic mass is 9.97. The highest BCUT2D eigenvalue weighted by Crippen LogP contribution is 2.33. The van der Waals surface area contributed by atoms with Gasteiger partial charge in [-0.15, -0.1) is 0 Å². The van der Waals surface area contributed by atoms with Gasteiger partial charge in [0, 0.05) is 16.7 Å². The minimum absolute atomic E-state index is 0.246. The van der Waals surface area contributed by atoms with Crippen molar-refractivity contribution in [1.29, 1.82) is 0 Å².